The first-order valence-electron chi connectivity index (χ1n) is 10.3. The third kappa shape index (κ3) is 4.34. The number of rotatable bonds is 5. The number of methoxy groups -OCH3 is 1. The second kappa shape index (κ2) is 8.73. The minimum atomic E-state index is -3.37. The molecule has 2 saturated heterocycles. The minimum absolute atomic E-state index is 0.0461. The summed E-state index contributed by atoms with van der Waals surface area (Å²) in [4.78, 5) is 18.7. The van der Waals surface area contributed by atoms with Gasteiger partial charge in [0.15, 0.2) is 0 Å². The molecule has 2 fully saturated rings. The standard InChI is InChI=1S/C22H27N3O4S/c1-29-20-6-4-17(5-7-20)13-22(26)24-11-8-19-16-25(15-18-3-2-10-23-14-18)30(27,28)21(19)9-12-24/h2-7,10,14,19,21H,8-9,11-13,15-16H2,1H3/t19-,21-/m1/s1. The van der Waals surface area contributed by atoms with Gasteiger partial charge in [0.1, 0.15) is 5.75 Å². The largest absolute Gasteiger partial charge is 0.497 e. The Kier molecular flexibility index (Phi) is 6.06. The molecule has 0 saturated carbocycles. The number of amides is 1. The summed E-state index contributed by atoms with van der Waals surface area (Å²) < 4.78 is 33.0. The fourth-order valence-corrected chi connectivity index (χ4v) is 6.65. The maximum absolute atomic E-state index is 13.1. The zero-order valence-electron chi connectivity index (χ0n) is 17.1. The summed E-state index contributed by atoms with van der Waals surface area (Å²) in [5, 5.41) is -0.409. The van der Waals surface area contributed by atoms with Crippen molar-refractivity contribution in [3.05, 3.63) is 59.9 Å². The van der Waals surface area contributed by atoms with Gasteiger partial charge in [-0.2, -0.15) is 4.31 Å². The maximum Gasteiger partial charge on any atom is 0.226 e. The van der Waals surface area contributed by atoms with Gasteiger partial charge >= 0.3 is 0 Å². The number of carbonyl (C=O) groups is 1. The minimum Gasteiger partial charge on any atom is -0.497 e. The molecule has 0 aliphatic carbocycles. The lowest BCUT2D eigenvalue weighted by molar-refractivity contribution is -0.130. The van der Waals surface area contributed by atoms with Crippen molar-refractivity contribution < 1.29 is 17.9 Å². The van der Waals surface area contributed by atoms with Gasteiger partial charge in [0.25, 0.3) is 0 Å². The van der Waals surface area contributed by atoms with E-state index in [-0.39, 0.29) is 11.8 Å². The van der Waals surface area contributed by atoms with Crippen LogP contribution in [0.2, 0.25) is 0 Å². The number of sulfonamides is 1. The van der Waals surface area contributed by atoms with E-state index in [1.165, 1.54) is 0 Å². The molecule has 160 valence electrons. The van der Waals surface area contributed by atoms with Gasteiger partial charge in [-0.3, -0.25) is 9.78 Å². The average molecular weight is 430 g/mol. The van der Waals surface area contributed by atoms with Gasteiger partial charge in [-0.25, -0.2) is 8.42 Å². The Morgan fingerprint density at radius 2 is 1.90 bits per heavy atom. The number of aromatic nitrogens is 1. The molecule has 30 heavy (non-hydrogen) atoms. The number of ether oxygens (including phenoxy) is 1. The van der Waals surface area contributed by atoms with Gasteiger partial charge in [-0.1, -0.05) is 18.2 Å². The Bertz CT molecular complexity index is 979. The van der Waals surface area contributed by atoms with Crippen molar-refractivity contribution in [1.29, 1.82) is 0 Å². The first kappa shape index (κ1) is 20.8. The van der Waals surface area contributed by atoms with Gasteiger partial charge in [0.2, 0.25) is 15.9 Å². The highest BCUT2D eigenvalue weighted by molar-refractivity contribution is 7.90. The van der Waals surface area contributed by atoms with Crippen LogP contribution in [0.15, 0.2) is 48.8 Å². The summed E-state index contributed by atoms with van der Waals surface area (Å²) in [5.74, 6) is 0.866. The van der Waals surface area contributed by atoms with Crippen LogP contribution in [-0.4, -0.2) is 60.5 Å². The van der Waals surface area contributed by atoms with E-state index in [1.54, 1.807) is 23.8 Å². The SMILES string of the molecule is COc1ccc(CC(=O)N2CC[C@@H]3CN(Cc4cccnc4)S(=O)(=O)[C@@H]3CC2)cc1. The lowest BCUT2D eigenvalue weighted by Gasteiger charge is -2.22. The molecule has 8 heteroatoms. The number of likely N-dealkylation sites (tertiary alicyclic amines) is 1. The topological polar surface area (TPSA) is 79.8 Å². The number of hydrogen-bond donors (Lipinski definition) is 0. The van der Waals surface area contributed by atoms with Crippen LogP contribution in [0.4, 0.5) is 0 Å². The molecule has 0 unspecified atom stereocenters. The molecule has 1 aromatic heterocycles. The Hall–Kier alpha value is -2.45. The molecular formula is C22H27N3O4S. The van der Waals surface area contributed by atoms with Crippen molar-refractivity contribution in [3.63, 3.8) is 0 Å². The molecule has 1 amide bonds. The molecular weight excluding hydrogens is 402 g/mol. The molecule has 4 rings (SSSR count). The van der Waals surface area contributed by atoms with Crippen LogP contribution in [0.1, 0.15) is 24.0 Å². The van der Waals surface area contributed by atoms with Crippen molar-refractivity contribution in [2.24, 2.45) is 5.92 Å². The number of fused-ring (bicyclic) bond motifs is 1. The van der Waals surface area contributed by atoms with E-state index < -0.39 is 15.3 Å². The lowest BCUT2D eigenvalue weighted by Crippen LogP contribution is -2.35. The van der Waals surface area contributed by atoms with Gasteiger partial charge in [-0.05, 0) is 48.1 Å². The molecule has 2 atom stereocenters. The Labute approximate surface area is 177 Å². The van der Waals surface area contributed by atoms with Crippen LogP contribution in [0.3, 0.4) is 0 Å². The first-order chi connectivity index (χ1) is 14.5. The zero-order valence-corrected chi connectivity index (χ0v) is 17.9. The second-order valence-corrected chi connectivity index (χ2v) is 10.1. The van der Waals surface area contributed by atoms with Crippen molar-refractivity contribution in [2.75, 3.05) is 26.7 Å². The number of hydrogen-bond acceptors (Lipinski definition) is 5. The molecule has 0 bridgehead atoms. The number of benzene rings is 1. The normalized spacial score (nSPS) is 23.6. The zero-order chi connectivity index (χ0) is 21.1. The summed E-state index contributed by atoms with van der Waals surface area (Å²) in [5.41, 5.74) is 1.83. The highest BCUT2D eigenvalue weighted by atomic mass is 32.2. The molecule has 0 N–H and O–H groups in total. The van der Waals surface area contributed by atoms with Gasteiger partial charge in [-0.15, -0.1) is 0 Å². The number of pyridine rings is 1. The summed E-state index contributed by atoms with van der Waals surface area (Å²) in [6, 6.07) is 11.2. The molecule has 2 aliphatic heterocycles. The van der Waals surface area contributed by atoms with Crippen molar-refractivity contribution in [1.82, 2.24) is 14.2 Å². The maximum atomic E-state index is 13.1. The first-order valence-corrected chi connectivity index (χ1v) is 11.8. The average Bonchev–Trinajstić information content (AvgIpc) is 2.89. The van der Waals surface area contributed by atoms with Crippen LogP contribution >= 0.6 is 0 Å². The quantitative estimate of drug-likeness (QED) is 0.727. The van der Waals surface area contributed by atoms with E-state index in [0.717, 1.165) is 16.9 Å². The number of nitrogens with zero attached hydrogens (tertiary/aromatic N) is 3. The molecule has 0 spiro atoms. The Balaban J connectivity index is 1.38. The number of carbonyl (C=O) groups excluding carboxylic acids is 1. The van der Waals surface area contributed by atoms with E-state index in [2.05, 4.69) is 4.98 Å². The predicted octanol–water partition coefficient (Wildman–Crippen LogP) is 2.09. The van der Waals surface area contributed by atoms with Crippen molar-refractivity contribution >= 4 is 15.9 Å². The molecule has 0 radical (unpaired) electrons. The monoisotopic (exact) mass is 429 g/mol. The molecule has 7 nitrogen and oxygen atoms in total. The second-order valence-electron chi connectivity index (χ2n) is 7.98. The Morgan fingerprint density at radius 1 is 1.13 bits per heavy atom. The van der Waals surface area contributed by atoms with E-state index in [4.69, 9.17) is 4.74 Å². The fraction of sp³-hybridized carbons (Fsp3) is 0.455. The van der Waals surface area contributed by atoms with E-state index >= 15 is 0 Å². The van der Waals surface area contributed by atoms with Crippen LogP contribution in [0, 0.1) is 5.92 Å². The van der Waals surface area contributed by atoms with Crippen LogP contribution in [-0.2, 0) is 27.8 Å². The Morgan fingerprint density at radius 3 is 2.60 bits per heavy atom. The molecule has 1 aromatic carbocycles. The van der Waals surface area contributed by atoms with Gasteiger partial charge < -0.3 is 9.64 Å². The predicted molar refractivity (Wildman–Crippen MR) is 113 cm³/mol. The van der Waals surface area contributed by atoms with Crippen LogP contribution < -0.4 is 4.74 Å². The molecule has 3 heterocycles. The molecule has 2 aromatic rings. The van der Waals surface area contributed by atoms with E-state index in [0.29, 0.717) is 45.4 Å². The fourth-order valence-electron chi connectivity index (χ4n) is 4.43. The highest BCUT2D eigenvalue weighted by Crippen LogP contribution is 2.35. The van der Waals surface area contributed by atoms with Crippen LogP contribution in [0.5, 0.6) is 5.75 Å². The van der Waals surface area contributed by atoms with E-state index in [1.807, 2.05) is 41.3 Å². The summed E-state index contributed by atoms with van der Waals surface area (Å²) in [6.45, 7) is 1.97. The summed E-state index contributed by atoms with van der Waals surface area (Å²) >= 11 is 0. The lowest BCUT2D eigenvalue weighted by atomic mass is 10.0. The summed E-state index contributed by atoms with van der Waals surface area (Å²) in [7, 11) is -1.76. The van der Waals surface area contributed by atoms with E-state index in [9.17, 15) is 13.2 Å². The molecule has 2 aliphatic rings. The third-order valence-corrected chi connectivity index (χ3v) is 8.49. The summed E-state index contributed by atoms with van der Waals surface area (Å²) in [6.07, 6.45) is 4.92. The third-order valence-electron chi connectivity index (χ3n) is 6.11. The van der Waals surface area contributed by atoms with Gasteiger partial charge in [0.05, 0.1) is 18.8 Å². The highest BCUT2D eigenvalue weighted by Gasteiger charge is 2.47. The van der Waals surface area contributed by atoms with Crippen molar-refractivity contribution in [2.45, 2.75) is 31.1 Å². The smallest absolute Gasteiger partial charge is 0.226 e. The van der Waals surface area contributed by atoms with Gasteiger partial charge in [0, 0.05) is 38.6 Å². The van der Waals surface area contributed by atoms with Crippen molar-refractivity contribution in [3.8, 4) is 5.75 Å². The van der Waals surface area contributed by atoms with Crippen LogP contribution in [0.25, 0.3) is 0 Å².